The highest BCUT2D eigenvalue weighted by atomic mass is 32.2. The van der Waals surface area contributed by atoms with Gasteiger partial charge < -0.3 is 40.5 Å². The van der Waals surface area contributed by atoms with Gasteiger partial charge >= 0.3 is 17.6 Å². The lowest BCUT2D eigenvalue weighted by atomic mass is 9.88. The van der Waals surface area contributed by atoms with E-state index in [-0.39, 0.29) is 42.0 Å². The van der Waals surface area contributed by atoms with Gasteiger partial charge in [-0.25, -0.2) is 9.59 Å². The number of unbranched alkanes of at least 4 members (excludes halogenated alkanes) is 1. The van der Waals surface area contributed by atoms with Crippen molar-refractivity contribution in [3.63, 3.8) is 0 Å². The molecule has 51 heavy (non-hydrogen) atoms. The highest BCUT2D eigenvalue weighted by Crippen LogP contribution is 2.44. The molecule has 2 aliphatic heterocycles. The fourth-order valence-electron chi connectivity index (χ4n) is 7.40. The first kappa shape index (κ1) is 38.2. The zero-order chi connectivity index (χ0) is 36.9. The minimum atomic E-state index is -1.01. The van der Waals surface area contributed by atoms with E-state index in [1.807, 2.05) is 46.8 Å². The molecule has 0 spiro atoms. The molecule has 4 amide bonds. The maximum Gasteiger partial charge on any atom is 0.341 e. The Hall–Kier alpha value is -4.04. The fourth-order valence-corrected chi connectivity index (χ4v) is 9.04. The fraction of sp³-hybridized carbons (Fsp3) is 0.595. The average molecular weight is 726 g/mol. The summed E-state index contributed by atoms with van der Waals surface area (Å²) in [7, 11) is 0. The van der Waals surface area contributed by atoms with E-state index < -0.39 is 22.8 Å². The molecule has 5 atom stereocenters. The van der Waals surface area contributed by atoms with Gasteiger partial charge in [0.25, 0.3) is 0 Å². The second-order valence-electron chi connectivity index (χ2n) is 13.9. The first-order valence-electron chi connectivity index (χ1n) is 18.1. The second-order valence-corrected chi connectivity index (χ2v) is 15.2. The number of hydrogen-bond donors (Lipinski definition) is 6. The van der Waals surface area contributed by atoms with Crippen LogP contribution >= 0.6 is 11.8 Å². The Kier molecular flexibility index (Phi) is 12.4. The maximum absolute atomic E-state index is 14.0. The molecule has 3 aromatic rings. The minimum absolute atomic E-state index is 0.00354. The Balaban J connectivity index is 1.16. The lowest BCUT2D eigenvalue weighted by Gasteiger charge is -2.34. The highest BCUT2D eigenvalue weighted by molar-refractivity contribution is 8.01. The third-order valence-corrected chi connectivity index (χ3v) is 11.9. The monoisotopic (exact) mass is 725 g/mol. The van der Waals surface area contributed by atoms with Crippen molar-refractivity contribution in [2.75, 3.05) is 12.3 Å². The van der Waals surface area contributed by atoms with Gasteiger partial charge in [-0.05, 0) is 83.5 Å². The molecule has 1 aromatic carbocycles. The Bertz CT molecular complexity index is 1840. The van der Waals surface area contributed by atoms with Crippen LogP contribution < -0.4 is 32.2 Å². The van der Waals surface area contributed by atoms with Crippen molar-refractivity contribution in [3.05, 3.63) is 45.0 Å². The molecule has 278 valence electrons. The SMILES string of the molecule is CCCC(NC(=O)[C@@]1(CCCCC(=O)O)SC[C@@H]2NC(=O)N[C@@H]21)C(=O)NC(CC)CCCNCc1c(C)c2cc3cc(C)oc3c(C)c2oc1=O. The van der Waals surface area contributed by atoms with E-state index in [1.165, 1.54) is 11.8 Å². The first-order chi connectivity index (χ1) is 24.4. The molecule has 6 N–H and O–H groups in total. The van der Waals surface area contributed by atoms with Crippen LogP contribution in [0.3, 0.4) is 0 Å². The second kappa shape index (κ2) is 16.5. The van der Waals surface area contributed by atoms with Crippen molar-refractivity contribution in [2.45, 2.75) is 128 Å². The van der Waals surface area contributed by atoms with Crippen LogP contribution in [0.4, 0.5) is 4.79 Å². The summed E-state index contributed by atoms with van der Waals surface area (Å²) in [6.45, 7) is 10.7. The van der Waals surface area contributed by atoms with Gasteiger partial charge in [-0.15, -0.1) is 11.8 Å². The van der Waals surface area contributed by atoms with E-state index in [0.717, 1.165) is 39.7 Å². The van der Waals surface area contributed by atoms with Gasteiger partial charge in [0.05, 0.1) is 17.6 Å². The number of carbonyl (C=O) groups is 4. The van der Waals surface area contributed by atoms with Gasteiger partial charge in [0, 0.05) is 41.1 Å². The number of aryl methyl sites for hydroxylation is 3. The molecule has 2 aliphatic rings. The lowest BCUT2D eigenvalue weighted by Crippen LogP contribution is -2.60. The molecule has 0 bridgehead atoms. The Labute approximate surface area is 301 Å². The zero-order valence-corrected chi connectivity index (χ0v) is 31.0. The van der Waals surface area contributed by atoms with Crippen LogP contribution in [0.15, 0.2) is 25.8 Å². The van der Waals surface area contributed by atoms with E-state index in [2.05, 4.69) is 26.6 Å². The van der Waals surface area contributed by atoms with Crippen LogP contribution in [-0.2, 0) is 20.9 Å². The van der Waals surface area contributed by atoms with Crippen LogP contribution in [0, 0.1) is 20.8 Å². The summed E-state index contributed by atoms with van der Waals surface area (Å²) in [6.07, 6.45) is 4.60. The number of aliphatic carboxylic acids is 1. The van der Waals surface area contributed by atoms with Crippen molar-refractivity contribution < 1.29 is 33.1 Å². The Morgan fingerprint density at radius 1 is 1.00 bits per heavy atom. The molecule has 2 fully saturated rings. The number of nitrogens with one attached hydrogen (secondary N) is 5. The molecule has 13 nitrogen and oxygen atoms in total. The molecule has 0 saturated carbocycles. The number of rotatable bonds is 18. The predicted octanol–water partition coefficient (Wildman–Crippen LogP) is 4.69. The number of fused-ring (bicyclic) bond motifs is 3. The Morgan fingerprint density at radius 3 is 2.51 bits per heavy atom. The normalized spacial score (nSPS) is 20.9. The highest BCUT2D eigenvalue weighted by Gasteiger charge is 2.58. The number of furan rings is 1. The Morgan fingerprint density at radius 2 is 1.78 bits per heavy atom. The summed E-state index contributed by atoms with van der Waals surface area (Å²) in [5, 5.41) is 26.3. The molecule has 2 unspecified atom stereocenters. The quantitative estimate of drug-likeness (QED) is 0.0609. The third-order valence-electron chi connectivity index (χ3n) is 10.3. The summed E-state index contributed by atoms with van der Waals surface area (Å²) in [5.74, 6) is -0.103. The summed E-state index contributed by atoms with van der Waals surface area (Å²) in [5.41, 5.74) is 3.16. The van der Waals surface area contributed by atoms with Crippen LogP contribution in [0.1, 0.15) is 94.1 Å². The summed E-state index contributed by atoms with van der Waals surface area (Å²) < 4.78 is 10.6. The standard InChI is InChI=1S/C37H51N5O8S/c1-6-11-27(40-35(47)37(14-9-8-13-29(43)44)32-28(19-51-37)41-36(48)42-32)33(45)39-24(7-2)12-10-15-38-18-26-21(4)25-17-23-16-20(3)49-30(23)22(5)31(25)50-34(26)46/h16-17,24,27-28,32,38H,6-15,18-19H2,1-5H3,(H,39,45)(H,40,47)(H,43,44)(H2,41,42,48)/t24?,27?,28-,32-,37-/m0/s1. The molecular weight excluding hydrogens is 675 g/mol. The zero-order valence-electron chi connectivity index (χ0n) is 30.2. The summed E-state index contributed by atoms with van der Waals surface area (Å²) in [6, 6.07) is 2.13. The van der Waals surface area contributed by atoms with Gasteiger partial charge in [-0.2, -0.15) is 0 Å². The summed E-state index contributed by atoms with van der Waals surface area (Å²) >= 11 is 1.45. The van der Waals surface area contributed by atoms with Crippen molar-refractivity contribution >= 4 is 57.5 Å². The van der Waals surface area contributed by atoms with E-state index in [9.17, 15) is 24.0 Å². The van der Waals surface area contributed by atoms with Crippen molar-refractivity contribution in [1.29, 1.82) is 0 Å². The molecule has 0 aliphatic carbocycles. The van der Waals surface area contributed by atoms with Crippen molar-refractivity contribution in [2.24, 2.45) is 0 Å². The summed E-state index contributed by atoms with van der Waals surface area (Å²) in [4.78, 5) is 63.8. The van der Waals surface area contributed by atoms with Crippen LogP contribution in [0.25, 0.3) is 21.9 Å². The third kappa shape index (κ3) is 8.38. The lowest BCUT2D eigenvalue weighted by molar-refractivity contribution is -0.137. The number of hydrogen-bond acceptors (Lipinski definition) is 9. The van der Waals surface area contributed by atoms with E-state index in [4.69, 9.17) is 13.9 Å². The molecule has 0 radical (unpaired) electrons. The molecular formula is C37H51N5O8S. The van der Waals surface area contributed by atoms with Crippen molar-refractivity contribution in [3.8, 4) is 0 Å². The number of carboxylic acids is 1. The van der Waals surface area contributed by atoms with Gasteiger partial charge in [0.2, 0.25) is 11.8 Å². The topological polar surface area (TPSA) is 192 Å². The predicted molar refractivity (Wildman–Crippen MR) is 197 cm³/mol. The molecule has 2 saturated heterocycles. The molecule has 5 rings (SSSR count). The van der Waals surface area contributed by atoms with E-state index >= 15 is 0 Å². The van der Waals surface area contributed by atoms with Crippen LogP contribution in [-0.4, -0.2) is 70.1 Å². The number of thioether (sulfide) groups is 1. The van der Waals surface area contributed by atoms with Gasteiger partial charge in [0.1, 0.15) is 27.7 Å². The van der Waals surface area contributed by atoms with Gasteiger partial charge in [0.15, 0.2) is 0 Å². The van der Waals surface area contributed by atoms with Crippen LogP contribution in [0.5, 0.6) is 0 Å². The first-order valence-corrected chi connectivity index (χ1v) is 19.1. The molecule has 14 heteroatoms. The number of amides is 4. The largest absolute Gasteiger partial charge is 0.481 e. The molecule has 2 aromatic heterocycles. The van der Waals surface area contributed by atoms with Crippen molar-refractivity contribution in [1.82, 2.24) is 26.6 Å². The average Bonchev–Trinajstić information content (AvgIpc) is 3.76. The molecule has 4 heterocycles. The van der Waals surface area contributed by atoms with Crippen LogP contribution in [0.2, 0.25) is 0 Å². The smallest absolute Gasteiger partial charge is 0.341 e. The number of benzene rings is 1. The number of urea groups is 1. The van der Waals surface area contributed by atoms with Gasteiger partial charge in [-0.1, -0.05) is 26.7 Å². The minimum Gasteiger partial charge on any atom is -0.481 e. The maximum atomic E-state index is 14.0. The van der Waals surface area contributed by atoms with Gasteiger partial charge in [-0.3, -0.25) is 14.4 Å². The van der Waals surface area contributed by atoms with E-state index in [1.54, 1.807) is 0 Å². The van der Waals surface area contributed by atoms with E-state index in [0.29, 0.717) is 74.9 Å². The number of carbonyl (C=O) groups excluding carboxylic acids is 3. The number of carboxylic acid groups (broad SMARTS) is 1.